The molecular formula is C16H27FN2O3. The van der Waals surface area contributed by atoms with Gasteiger partial charge in [0.05, 0.1) is 12.6 Å². The first-order chi connectivity index (χ1) is 9.57. The number of rotatable bonds is 3. The molecule has 1 atom stereocenters. The minimum atomic E-state index is -0.795. The summed E-state index contributed by atoms with van der Waals surface area (Å²) < 4.78 is 24.3. The first-order valence-corrected chi connectivity index (χ1v) is 6.91. The standard InChI is InChI=1S/C15H23FN2O3.CH4/c1-14(2,3)21-13(19)18-12(10-20-15(18,4)5)8-7-11(16)9-17-6;/h7,12H,8-10H2,1-5H3;1H4/t12-;/m0./s1. The van der Waals surface area contributed by atoms with Gasteiger partial charge >= 0.3 is 6.09 Å². The highest BCUT2D eigenvalue weighted by Crippen LogP contribution is 2.31. The zero-order valence-electron chi connectivity index (χ0n) is 13.3. The van der Waals surface area contributed by atoms with Crippen LogP contribution in [0.4, 0.5) is 9.18 Å². The smallest absolute Gasteiger partial charge is 0.412 e. The molecule has 0 spiro atoms. The lowest BCUT2D eigenvalue weighted by Crippen LogP contribution is -2.49. The highest BCUT2D eigenvalue weighted by molar-refractivity contribution is 5.69. The normalized spacial score (nSPS) is 21.0. The van der Waals surface area contributed by atoms with Crippen molar-refractivity contribution in [2.24, 2.45) is 0 Å². The molecule has 0 aromatic heterocycles. The summed E-state index contributed by atoms with van der Waals surface area (Å²) in [5, 5.41) is 0. The van der Waals surface area contributed by atoms with Gasteiger partial charge in [-0.1, -0.05) is 7.43 Å². The van der Waals surface area contributed by atoms with Gasteiger partial charge in [-0.3, -0.25) is 4.90 Å². The molecule has 0 unspecified atom stereocenters. The highest BCUT2D eigenvalue weighted by atomic mass is 19.1. The maximum absolute atomic E-state index is 13.3. The molecule has 0 radical (unpaired) electrons. The van der Waals surface area contributed by atoms with E-state index in [1.807, 2.05) is 0 Å². The Morgan fingerprint density at radius 1 is 1.55 bits per heavy atom. The van der Waals surface area contributed by atoms with Gasteiger partial charge in [0.2, 0.25) is 0 Å². The van der Waals surface area contributed by atoms with Crippen LogP contribution in [0.5, 0.6) is 0 Å². The molecule has 0 bridgehead atoms. The van der Waals surface area contributed by atoms with Gasteiger partial charge in [-0.15, -0.1) is 0 Å². The van der Waals surface area contributed by atoms with Gasteiger partial charge < -0.3 is 14.3 Å². The number of halogens is 1. The summed E-state index contributed by atoms with van der Waals surface area (Å²) in [6, 6.07) is -0.300. The molecule has 0 aromatic rings. The summed E-state index contributed by atoms with van der Waals surface area (Å²) in [4.78, 5) is 16.8. The molecule has 1 amide bonds. The molecule has 1 aliphatic rings. The Balaban J connectivity index is 0.00000441. The van der Waals surface area contributed by atoms with Crippen molar-refractivity contribution in [1.82, 2.24) is 4.90 Å². The number of carbonyl (C=O) groups excluding carboxylic acids is 1. The Kier molecular flexibility index (Phi) is 7.04. The number of carbonyl (C=O) groups is 1. The molecule has 22 heavy (non-hydrogen) atoms. The van der Waals surface area contributed by atoms with Gasteiger partial charge in [0, 0.05) is 0 Å². The summed E-state index contributed by atoms with van der Waals surface area (Å²) in [7, 11) is 0. The van der Waals surface area contributed by atoms with Crippen LogP contribution in [0.2, 0.25) is 0 Å². The molecule has 0 N–H and O–H groups in total. The molecule has 1 heterocycles. The van der Waals surface area contributed by atoms with Crippen LogP contribution in [-0.4, -0.2) is 41.5 Å². The van der Waals surface area contributed by atoms with E-state index in [-0.39, 0.29) is 20.0 Å². The maximum Gasteiger partial charge on any atom is 0.412 e. The van der Waals surface area contributed by atoms with Gasteiger partial charge in [0.15, 0.2) is 5.83 Å². The lowest BCUT2D eigenvalue weighted by Gasteiger charge is -2.34. The van der Waals surface area contributed by atoms with Gasteiger partial charge in [0.25, 0.3) is 6.54 Å². The highest BCUT2D eigenvalue weighted by Gasteiger charge is 2.45. The van der Waals surface area contributed by atoms with E-state index < -0.39 is 23.2 Å². The number of nitrogens with zero attached hydrogens (tertiary/aromatic N) is 2. The molecule has 1 rings (SSSR count). The zero-order valence-corrected chi connectivity index (χ0v) is 13.3. The summed E-state index contributed by atoms with van der Waals surface area (Å²) >= 11 is 0. The first kappa shape index (κ1) is 20.4. The van der Waals surface area contributed by atoms with E-state index in [4.69, 9.17) is 16.0 Å². The number of hydrogen-bond donors (Lipinski definition) is 0. The van der Waals surface area contributed by atoms with Crippen LogP contribution >= 0.6 is 0 Å². The Morgan fingerprint density at radius 3 is 2.64 bits per heavy atom. The van der Waals surface area contributed by atoms with Crippen molar-refractivity contribution in [3.8, 4) is 0 Å². The molecule has 1 saturated heterocycles. The zero-order chi connectivity index (χ0) is 16.3. The largest absolute Gasteiger partial charge is 0.444 e. The number of hydrogen-bond acceptors (Lipinski definition) is 3. The summed E-state index contributed by atoms with van der Waals surface area (Å²) in [6.07, 6.45) is 1.16. The van der Waals surface area contributed by atoms with Crippen LogP contribution in [0.3, 0.4) is 0 Å². The van der Waals surface area contributed by atoms with E-state index in [9.17, 15) is 9.18 Å². The average Bonchev–Trinajstić information content (AvgIpc) is 2.60. The van der Waals surface area contributed by atoms with Gasteiger partial charge in [0.1, 0.15) is 11.3 Å². The molecule has 0 aromatic carbocycles. The predicted octanol–water partition coefficient (Wildman–Crippen LogP) is 4.16. The number of ether oxygens (including phenoxy) is 2. The van der Waals surface area contributed by atoms with Crippen LogP contribution in [-0.2, 0) is 9.47 Å². The molecule has 126 valence electrons. The lowest BCUT2D eigenvalue weighted by molar-refractivity contribution is -0.0623. The van der Waals surface area contributed by atoms with Crippen molar-refractivity contribution >= 4 is 6.09 Å². The molecular weight excluding hydrogens is 287 g/mol. The monoisotopic (exact) mass is 314 g/mol. The van der Waals surface area contributed by atoms with E-state index in [1.165, 1.54) is 11.0 Å². The predicted molar refractivity (Wildman–Crippen MR) is 83.9 cm³/mol. The summed E-state index contributed by atoms with van der Waals surface area (Å²) in [5.74, 6) is -0.487. The molecule has 0 aliphatic carbocycles. The van der Waals surface area contributed by atoms with Crippen LogP contribution in [0, 0.1) is 6.57 Å². The Morgan fingerprint density at radius 2 is 2.14 bits per heavy atom. The Bertz CT molecular complexity index is 461. The van der Waals surface area contributed by atoms with Crippen molar-refractivity contribution in [3.63, 3.8) is 0 Å². The van der Waals surface area contributed by atoms with E-state index in [2.05, 4.69) is 4.85 Å². The van der Waals surface area contributed by atoms with Crippen LogP contribution in [0.1, 0.15) is 48.5 Å². The molecule has 1 aliphatic heterocycles. The molecule has 6 heteroatoms. The number of amides is 1. The van der Waals surface area contributed by atoms with Gasteiger partial charge in [-0.25, -0.2) is 15.8 Å². The van der Waals surface area contributed by atoms with Crippen LogP contribution in [0.25, 0.3) is 4.85 Å². The van der Waals surface area contributed by atoms with Crippen LogP contribution in [0.15, 0.2) is 11.9 Å². The van der Waals surface area contributed by atoms with Crippen molar-refractivity contribution < 1.29 is 18.7 Å². The maximum atomic E-state index is 13.3. The van der Waals surface area contributed by atoms with E-state index in [0.29, 0.717) is 13.0 Å². The van der Waals surface area contributed by atoms with Gasteiger partial charge in [-0.2, -0.15) is 0 Å². The van der Waals surface area contributed by atoms with Crippen molar-refractivity contribution in [3.05, 3.63) is 23.3 Å². The van der Waals surface area contributed by atoms with Gasteiger partial charge in [-0.05, 0) is 47.1 Å². The second-order valence-corrected chi connectivity index (χ2v) is 6.46. The SMILES string of the molecule is C.[C-]#[N+]CC(F)=CC[C@H]1COC(C)(C)N1C(=O)OC(C)(C)C. The van der Waals surface area contributed by atoms with Crippen molar-refractivity contribution in [2.75, 3.05) is 13.2 Å². The van der Waals surface area contributed by atoms with Crippen molar-refractivity contribution in [2.45, 2.75) is 65.8 Å². The topological polar surface area (TPSA) is 43.1 Å². The molecule has 5 nitrogen and oxygen atoms in total. The Hall–Kier alpha value is -1.61. The molecule has 0 saturated carbocycles. The quantitative estimate of drug-likeness (QED) is 0.735. The van der Waals surface area contributed by atoms with E-state index in [0.717, 1.165) is 0 Å². The summed E-state index contributed by atoms with van der Waals surface area (Å²) in [5.41, 5.74) is -1.40. The first-order valence-electron chi connectivity index (χ1n) is 6.91. The minimum absolute atomic E-state index is 0. The fraction of sp³-hybridized carbons (Fsp3) is 0.750. The molecule has 1 fully saturated rings. The van der Waals surface area contributed by atoms with E-state index in [1.54, 1.807) is 34.6 Å². The lowest BCUT2D eigenvalue weighted by atomic mass is 10.1. The Labute approximate surface area is 132 Å². The average molecular weight is 314 g/mol. The third-order valence-electron chi connectivity index (χ3n) is 3.01. The van der Waals surface area contributed by atoms with Crippen molar-refractivity contribution in [1.29, 1.82) is 0 Å². The van der Waals surface area contributed by atoms with Crippen LogP contribution < -0.4 is 0 Å². The minimum Gasteiger partial charge on any atom is -0.444 e. The second-order valence-electron chi connectivity index (χ2n) is 6.46. The van der Waals surface area contributed by atoms with E-state index >= 15 is 0 Å². The fourth-order valence-corrected chi connectivity index (χ4v) is 2.14. The fourth-order valence-electron chi connectivity index (χ4n) is 2.14. The summed E-state index contributed by atoms with van der Waals surface area (Å²) in [6.45, 7) is 15.6. The third kappa shape index (κ3) is 5.64. The second kappa shape index (κ2) is 7.59. The third-order valence-corrected chi connectivity index (χ3v) is 3.01.